The number of ketones is 1. The van der Waals surface area contributed by atoms with Crippen LogP contribution in [0.3, 0.4) is 0 Å². The third kappa shape index (κ3) is 4.16. The molecule has 0 aliphatic heterocycles. The molecule has 124 valence electrons. The fourth-order valence-electron chi connectivity index (χ4n) is 2.65. The zero-order valence-corrected chi connectivity index (χ0v) is 13.6. The molecule has 0 aromatic heterocycles. The quantitative estimate of drug-likeness (QED) is 0.589. The van der Waals surface area contributed by atoms with Crippen LogP contribution in [-0.4, -0.2) is 23.1 Å². The van der Waals surface area contributed by atoms with Gasteiger partial charge in [-0.05, 0) is 30.0 Å². The van der Waals surface area contributed by atoms with Gasteiger partial charge in [0.1, 0.15) is 0 Å². The Balaban J connectivity index is 2.26. The minimum Gasteiger partial charge on any atom is -0.478 e. The van der Waals surface area contributed by atoms with Crippen LogP contribution in [0.4, 0.5) is 0 Å². The number of aryl methyl sites for hydroxylation is 1. The lowest BCUT2D eigenvalue weighted by Gasteiger charge is -2.09. The molecule has 4 nitrogen and oxygen atoms in total. The molecule has 0 unspecified atom stereocenters. The summed E-state index contributed by atoms with van der Waals surface area (Å²) in [7, 11) is 0. The van der Waals surface area contributed by atoms with Crippen LogP contribution in [0.2, 0.25) is 0 Å². The highest BCUT2D eigenvalue weighted by Gasteiger charge is 2.15. The molecule has 4 heteroatoms. The minimum absolute atomic E-state index is 0.0686. The SMILES string of the molecule is CCCCc1ccc(CC(=O)c2ccccc2C=O)cc1C(=O)O. The fraction of sp³-hybridized carbons (Fsp3) is 0.250. The number of rotatable bonds is 8. The molecule has 0 saturated heterocycles. The molecule has 0 aliphatic rings. The van der Waals surface area contributed by atoms with Crippen molar-refractivity contribution < 1.29 is 19.5 Å². The molecular formula is C20H20O4. The third-order valence-electron chi connectivity index (χ3n) is 3.96. The minimum atomic E-state index is -0.983. The van der Waals surface area contributed by atoms with Crippen molar-refractivity contribution in [3.05, 3.63) is 70.3 Å². The smallest absolute Gasteiger partial charge is 0.335 e. The summed E-state index contributed by atoms with van der Waals surface area (Å²) in [5, 5.41) is 9.39. The number of hydrogen-bond donors (Lipinski definition) is 1. The van der Waals surface area contributed by atoms with Crippen molar-refractivity contribution in [1.29, 1.82) is 0 Å². The van der Waals surface area contributed by atoms with E-state index >= 15 is 0 Å². The number of carboxylic acids is 1. The Morgan fingerprint density at radius 2 is 1.83 bits per heavy atom. The molecule has 0 fully saturated rings. The largest absolute Gasteiger partial charge is 0.478 e. The zero-order chi connectivity index (χ0) is 17.5. The standard InChI is InChI=1S/C20H20O4/c1-2-3-6-15-10-9-14(11-18(15)20(23)24)12-19(22)17-8-5-4-7-16(17)13-21/h4-5,7-11,13H,2-3,6,12H2,1H3,(H,23,24). The Morgan fingerprint density at radius 3 is 2.50 bits per heavy atom. The van der Waals surface area contributed by atoms with Gasteiger partial charge >= 0.3 is 5.97 Å². The lowest BCUT2D eigenvalue weighted by molar-refractivity contribution is 0.0695. The summed E-state index contributed by atoms with van der Waals surface area (Å²) in [6.45, 7) is 2.05. The number of carbonyl (C=O) groups is 3. The van der Waals surface area contributed by atoms with Crippen LogP contribution in [-0.2, 0) is 12.8 Å². The second-order valence-electron chi connectivity index (χ2n) is 5.71. The van der Waals surface area contributed by atoms with E-state index in [9.17, 15) is 19.5 Å². The summed E-state index contributed by atoms with van der Waals surface area (Å²) in [6, 6.07) is 11.7. The van der Waals surface area contributed by atoms with E-state index in [1.54, 1.807) is 42.5 Å². The van der Waals surface area contributed by atoms with E-state index in [2.05, 4.69) is 6.92 Å². The van der Waals surface area contributed by atoms with Gasteiger partial charge in [0.05, 0.1) is 5.56 Å². The molecule has 0 radical (unpaired) electrons. The van der Waals surface area contributed by atoms with Gasteiger partial charge in [-0.15, -0.1) is 0 Å². The van der Waals surface area contributed by atoms with Gasteiger partial charge in [-0.3, -0.25) is 9.59 Å². The summed E-state index contributed by atoms with van der Waals surface area (Å²) in [4.78, 5) is 34.9. The van der Waals surface area contributed by atoms with Crippen LogP contribution < -0.4 is 0 Å². The Morgan fingerprint density at radius 1 is 1.08 bits per heavy atom. The Kier molecular flexibility index (Phi) is 6.01. The van der Waals surface area contributed by atoms with Gasteiger partial charge in [-0.1, -0.05) is 49.7 Å². The van der Waals surface area contributed by atoms with Crippen molar-refractivity contribution in [3.63, 3.8) is 0 Å². The van der Waals surface area contributed by atoms with E-state index in [1.165, 1.54) is 0 Å². The van der Waals surface area contributed by atoms with Crippen LogP contribution >= 0.6 is 0 Å². The number of aromatic carboxylic acids is 1. The highest BCUT2D eigenvalue weighted by atomic mass is 16.4. The third-order valence-corrected chi connectivity index (χ3v) is 3.96. The maximum atomic E-state index is 12.4. The van der Waals surface area contributed by atoms with Crippen LogP contribution in [0.15, 0.2) is 42.5 Å². The van der Waals surface area contributed by atoms with Crippen molar-refractivity contribution in [2.45, 2.75) is 32.6 Å². The summed E-state index contributed by atoms with van der Waals surface area (Å²) in [5.74, 6) is -1.18. The lowest BCUT2D eigenvalue weighted by atomic mass is 9.95. The maximum Gasteiger partial charge on any atom is 0.335 e. The van der Waals surface area contributed by atoms with Crippen molar-refractivity contribution in [1.82, 2.24) is 0 Å². The Bertz CT molecular complexity index is 762. The highest BCUT2D eigenvalue weighted by Crippen LogP contribution is 2.18. The van der Waals surface area contributed by atoms with Crippen molar-refractivity contribution in [2.24, 2.45) is 0 Å². The molecule has 2 aromatic rings. The number of benzene rings is 2. The number of unbranched alkanes of at least 4 members (excludes halogenated alkanes) is 1. The maximum absolute atomic E-state index is 12.4. The predicted octanol–water partition coefficient (Wildman–Crippen LogP) is 3.97. The van der Waals surface area contributed by atoms with Gasteiger partial charge < -0.3 is 5.11 Å². The predicted molar refractivity (Wildman–Crippen MR) is 91.9 cm³/mol. The molecule has 2 aromatic carbocycles. The number of carboxylic acid groups (broad SMARTS) is 1. The lowest BCUT2D eigenvalue weighted by Crippen LogP contribution is -2.09. The van der Waals surface area contributed by atoms with Crippen LogP contribution in [0.1, 0.15) is 62.0 Å². The van der Waals surface area contributed by atoms with E-state index < -0.39 is 5.97 Å². The first-order valence-corrected chi connectivity index (χ1v) is 7.99. The first-order chi connectivity index (χ1) is 11.6. The first-order valence-electron chi connectivity index (χ1n) is 7.99. The second-order valence-corrected chi connectivity index (χ2v) is 5.71. The molecule has 0 amide bonds. The van der Waals surface area contributed by atoms with Gasteiger partial charge in [0.15, 0.2) is 12.1 Å². The highest BCUT2D eigenvalue weighted by molar-refractivity contribution is 6.03. The molecule has 1 N–H and O–H groups in total. The van der Waals surface area contributed by atoms with E-state index in [0.717, 1.165) is 18.4 Å². The van der Waals surface area contributed by atoms with Gasteiger partial charge in [0.2, 0.25) is 0 Å². The molecule has 0 aliphatic carbocycles. The van der Waals surface area contributed by atoms with Crippen LogP contribution in [0.25, 0.3) is 0 Å². The molecule has 0 saturated carbocycles. The molecule has 0 heterocycles. The van der Waals surface area contributed by atoms with Crippen LogP contribution in [0.5, 0.6) is 0 Å². The number of hydrogen-bond acceptors (Lipinski definition) is 3. The molecule has 0 atom stereocenters. The van der Waals surface area contributed by atoms with Crippen molar-refractivity contribution in [2.75, 3.05) is 0 Å². The topological polar surface area (TPSA) is 71.4 Å². The van der Waals surface area contributed by atoms with Crippen molar-refractivity contribution >= 4 is 18.0 Å². The summed E-state index contributed by atoms with van der Waals surface area (Å²) < 4.78 is 0. The fourth-order valence-corrected chi connectivity index (χ4v) is 2.65. The van der Waals surface area contributed by atoms with E-state index in [4.69, 9.17) is 0 Å². The molecule has 0 spiro atoms. The van der Waals surface area contributed by atoms with Crippen LogP contribution in [0, 0.1) is 0 Å². The average Bonchev–Trinajstić information content (AvgIpc) is 2.60. The summed E-state index contributed by atoms with van der Waals surface area (Å²) in [6.07, 6.45) is 3.34. The Hall–Kier alpha value is -2.75. The van der Waals surface area contributed by atoms with E-state index in [1.807, 2.05) is 0 Å². The zero-order valence-electron chi connectivity index (χ0n) is 13.6. The monoisotopic (exact) mass is 324 g/mol. The second kappa shape index (κ2) is 8.20. The van der Waals surface area contributed by atoms with Gasteiger partial charge in [0, 0.05) is 17.5 Å². The summed E-state index contributed by atoms with van der Waals surface area (Å²) >= 11 is 0. The number of carbonyl (C=O) groups excluding carboxylic acids is 2. The van der Waals surface area contributed by atoms with E-state index in [0.29, 0.717) is 29.4 Å². The normalized spacial score (nSPS) is 10.4. The molecule has 24 heavy (non-hydrogen) atoms. The van der Waals surface area contributed by atoms with Crippen molar-refractivity contribution in [3.8, 4) is 0 Å². The average molecular weight is 324 g/mol. The van der Waals surface area contributed by atoms with E-state index in [-0.39, 0.29) is 17.8 Å². The first kappa shape index (κ1) is 17.6. The molecule has 2 rings (SSSR count). The Labute approximate surface area is 141 Å². The molecular weight excluding hydrogens is 304 g/mol. The van der Waals surface area contributed by atoms with Gasteiger partial charge in [-0.25, -0.2) is 4.79 Å². The van der Waals surface area contributed by atoms with Gasteiger partial charge in [0.25, 0.3) is 0 Å². The van der Waals surface area contributed by atoms with Gasteiger partial charge in [-0.2, -0.15) is 0 Å². The number of Topliss-reactive ketones (excluding diaryl/α,β-unsaturated/α-hetero) is 1. The molecule has 0 bridgehead atoms. The number of aldehydes is 1. The summed E-state index contributed by atoms with van der Waals surface area (Å²) in [5.41, 5.74) is 2.38.